The first-order valence-corrected chi connectivity index (χ1v) is 4.16. The lowest BCUT2D eigenvalue weighted by Gasteiger charge is -2.11. The molecule has 0 saturated heterocycles. The van der Waals surface area contributed by atoms with Crippen LogP contribution in [0.15, 0.2) is 37.0 Å². The van der Waals surface area contributed by atoms with Crippen LogP contribution in [0.1, 0.15) is 17.3 Å². The fourth-order valence-electron chi connectivity index (χ4n) is 1.08. The van der Waals surface area contributed by atoms with E-state index in [1.54, 1.807) is 24.3 Å². The van der Waals surface area contributed by atoms with Gasteiger partial charge in [-0.2, -0.15) is 0 Å². The van der Waals surface area contributed by atoms with Crippen LogP contribution in [-0.4, -0.2) is 12.2 Å². The zero-order valence-corrected chi connectivity index (χ0v) is 7.93. The number of anilines is 1. The van der Waals surface area contributed by atoms with Gasteiger partial charge in [-0.05, 0) is 31.2 Å². The van der Waals surface area contributed by atoms with Crippen LogP contribution < -0.4 is 4.90 Å². The van der Waals surface area contributed by atoms with E-state index in [-0.39, 0.29) is 5.78 Å². The minimum atomic E-state index is 0.00723. The molecule has 1 amide bonds. The molecule has 3 nitrogen and oxygen atoms in total. The third-order valence-electron chi connectivity index (χ3n) is 1.88. The number of hydrogen-bond donors (Lipinski definition) is 0. The summed E-state index contributed by atoms with van der Waals surface area (Å²) in [7, 11) is 0. The molecule has 1 aromatic rings. The minimum absolute atomic E-state index is 0.00723. The zero-order chi connectivity index (χ0) is 10.6. The Balaban J connectivity index is 2.98. The van der Waals surface area contributed by atoms with Gasteiger partial charge in [0.15, 0.2) is 5.78 Å². The summed E-state index contributed by atoms with van der Waals surface area (Å²) < 4.78 is 0. The highest BCUT2D eigenvalue weighted by molar-refractivity contribution is 5.94. The lowest BCUT2D eigenvalue weighted by molar-refractivity contribution is -0.106. The summed E-state index contributed by atoms with van der Waals surface area (Å²) in [6.07, 6.45) is 2.07. The molecule has 3 heteroatoms. The largest absolute Gasteiger partial charge is 0.295 e. The molecule has 1 rings (SSSR count). The number of nitrogens with zero attached hydrogens (tertiary/aromatic N) is 1. The molecule has 0 N–H and O–H groups in total. The second kappa shape index (κ2) is 4.37. The molecule has 0 saturated carbocycles. The Labute approximate surface area is 82.6 Å². The number of rotatable bonds is 4. The van der Waals surface area contributed by atoms with Gasteiger partial charge in [-0.15, -0.1) is 0 Å². The molecule has 0 fully saturated rings. The summed E-state index contributed by atoms with van der Waals surface area (Å²) in [5.74, 6) is 0.00723. The Hall–Kier alpha value is -1.90. The SMILES string of the molecule is C=CN(C=O)c1ccc(C(C)=O)cc1. The number of amides is 1. The average Bonchev–Trinajstić information content (AvgIpc) is 2.20. The average molecular weight is 189 g/mol. The van der Waals surface area contributed by atoms with E-state index in [0.717, 1.165) is 0 Å². The minimum Gasteiger partial charge on any atom is -0.295 e. The van der Waals surface area contributed by atoms with Crippen LogP contribution in [-0.2, 0) is 4.79 Å². The molecule has 0 heterocycles. The first-order valence-electron chi connectivity index (χ1n) is 4.16. The highest BCUT2D eigenvalue weighted by atomic mass is 16.1. The quantitative estimate of drug-likeness (QED) is 0.536. The van der Waals surface area contributed by atoms with Crippen LogP contribution >= 0.6 is 0 Å². The van der Waals surface area contributed by atoms with Gasteiger partial charge in [0, 0.05) is 17.5 Å². The van der Waals surface area contributed by atoms with Gasteiger partial charge in [0.2, 0.25) is 6.41 Å². The molecule has 0 atom stereocenters. The van der Waals surface area contributed by atoms with Crippen molar-refractivity contribution in [3.8, 4) is 0 Å². The third-order valence-corrected chi connectivity index (χ3v) is 1.88. The van der Waals surface area contributed by atoms with E-state index in [2.05, 4.69) is 6.58 Å². The normalized spacial score (nSPS) is 9.21. The number of carbonyl (C=O) groups excluding carboxylic acids is 2. The second-order valence-corrected chi connectivity index (χ2v) is 2.80. The zero-order valence-electron chi connectivity index (χ0n) is 7.93. The molecule has 0 radical (unpaired) electrons. The predicted octanol–water partition coefficient (Wildman–Crippen LogP) is 2.00. The van der Waals surface area contributed by atoms with Gasteiger partial charge in [0.25, 0.3) is 0 Å². The van der Waals surface area contributed by atoms with Crippen molar-refractivity contribution in [2.75, 3.05) is 4.90 Å². The van der Waals surface area contributed by atoms with Crippen molar-refractivity contribution >= 4 is 17.9 Å². The molecule has 0 bridgehead atoms. The van der Waals surface area contributed by atoms with Crippen LogP contribution in [0, 0.1) is 0 Å². The van der Waals surface area contributed by atoms with Crippen molar-refractivity contribution in [2.45, 2.75) is 6.92 Å². The standard InChI is InChI=1S/C11H11NO2/c1-3-12(8-13)11-6-4-10(5-7-11)9(2)14/h3-8H,1H2,2H3. The Morgan fingerprint density at radius 1 is 1.36 bits per heavy atom. The number of carbonyl (C=O) groups is 2. The first-order chi connectivity index (χ1) is 6.69. The monoisotopic (exact) mass is 189 g/mol. The molecular weight excluding hydrogens is 178 g/mol. The fraction of sp³-hybridized carbons (Fsp3) is 0.0909. The maximum Gasteiger partial charge on any atom is 0.218 e. The van der Waals surface area contributed by atoms with Crippen LogP contribution in [0.4, 0.5) is 5.69 Å². The van der Waals surface area contributed by atoms with E-state index in [4.69, 9.17) is 0 Å². The number of Topliss-reactive ketones (excluding diaryl/α,β-unsaturated/α-hetero) is 1. The summed E-state index contributed by atoms with van der Waals surface area (Å²) in [5.41, 5.74) is 1.32. The molecule has 0 spiro atoms. The summed E-state index contributed by atoms with van der Waals surface area (Å²) in [4.78, 5) is 22.8. The topological polar surface area (TPSA) is 37.4 Å². The molecule has 0 unspecified atom stereocenters. The second-order valence-electron chi connectivity index (χ2n) is 2.80. The Morgan fingerprint density at radius 3 is 2.29 bits per heavy atom. The van der Waals surface area contributed by atoms with E-state index >= 15 is 0 Å². The van der Waals surface area contributed by atoms with E-state index in [9.17, 15) is 9.59 Å². The summed E-state index contributed by atoms with van der Waals surface area (Å²) in [5, 5.41) is 0. The highest BCUT2D eigenvalue weighted by Gasteiger charge is 2.02. The van der Waals surface area contributed by atoms with Crippen molar-refractivity contribution in [3.63, 3.8) is 0 Å². The predicted molar refractivity (Wildman–Crippen MR) is 55.2 cm³/mol. The van der Waals surface area contributed by atoms with Crippen molar-refractivity contribution in [1.29, 1.82) is 0 Å². The maximum atomic E-state index is 11.0. The van der Waals surface area contributed by atoms with Gasteiger partial charge in [-0.1, -0.05) is 6.58 Å². The smallest absolute Gasteiger partial charge is 0.218 e. The van der Waals surface area contributed by atoms with Gasteiger partial charge in [-0.25, -0.2) is 0 Å². The highest BCUT2D eigenvalue weighted by Crippen LogP contribution is 2.14. The van der Waals surface area contributed by atoms with Crippen molar-refractivity contribution in [2.24, 2.45) is 0 Å². The van der Waals surface area contributed by atoms with Crippen molar-refractivity contribution in [3.05, 3.63) is 42.6 Å². The van der Waals surface area contributed by atoms with E-state index < -0.39 is 0 Å². The number of ketones is 1. The van der Waals surface area contributed by atoms with Crippen LogP contribution in [0.5, 0.6) is 0 Å². The fourth-order valence-corrected chi connectivity index (χ4v) is 1.08. The van der Waals surface area contributed by atoms with Gasteiger partial charge >= 0.3 is 0 Å². The number of hydrogen-bond acceptors (Lipinski definition) is 2. The molecule has 72 valence electrons. The van der Waals surface area contributed by atoms with Crippen molar-refractivity contribution < 1.29 is 9.59 Å². The van der Waals surface area contributed by atoms with E-state index in [1.807, 2.05) is 0 Å². The first kappa shape index (κ1) is 10.2. The van der Waals surface area contributed by atoms with E-state index in [1.165, 1.54) is 18.0 Å². The summed E-state index contributed by atoms with van der Waals surface area (Å²) in [6, 6.07) is 6.76. The number of benzene rings is 1. The lowest BCUT2D eigenvalue weighted by atomic mass is 10.1. The molecule has 0 aliphatic rings. The summed E-state index contributed by atoms with van der Waals surface area (Å²) >= 11 is 0. The Bertz CT molecular complexity index is 346. The molecule has 0 aliphatic carbocycles. The Morgan fingerprint density at radius 2 is 1.93 bits per heavy atom. The van der Waals surface area contributed by atoms with Crippen LogP contribution in [0.25, 0.3) is 0 Å². The third kappa shape index (κ3) is 2.07. The van der Waals surface area contributed by atoms with Gasteiger partial charge in [-0.3, -0.25) is 14.5 Å². The molecule has 1 aromatic carbocycles. The lowest BCUT2D eigenvalue weighted by Crippen LogP contribution is -2.11. The van der Waals surface area contributed by atoms with Crippen molar-refractivity contribution in [1.82, 2.24) is 0 Å². The van der Waals surface area contributed by atoms with Gasteiger partial charge in [0.05, 0.1) is 0 Å². The maximum absolute atomic E-state index is 11.0. The Kier molecular flexibility index (Phi) is 3.18. The van der Waals surface area contributed by atoms with Gasteiger partial charge < -0.3 is 0 Å². The van der Waals surface area contributed by atoms with Crippen LogP contribution in [0.3, 0.4) is 0 Å². The molecular formula is C11H11NO2. The summed E-state index contributed by atoms with van der Waals surface area (Å²) in [6.45, 7) is 4.99. The molecule has 0 aliphatic heterocycles. The molecule has 14 heavy (non-hydrogen) atoms. The van der Waals surface area contributed by atoms with Gasteiger partial charge in [0.1, 0.15) is 0 Å². The van der Waals surface area contributed by atoms with E-state index in [0.29, 0.717) is 17.7 Å². The van der Waals surface area contributed by atoms with Crippen LogP contribution in [0.2, 0.25) is 0 Å². The molecule has 0 aromatic heterocycles.